The van der Waals surface area contributed by atoms with Gasteiger partial charge in [0, 0.05) is 12.6 Å². The summed E-state index contributed by atoms with van der Waals surface area (Å²) in [5.74, 6) is 1.12. The van der Waals surface area contributed by atoms with Gasteiger partial charge in [-0.25, -0.2) is 4.98 Å². The number of unbranched alkanes of at least 4 members (excludes halogenated alkanes) is 1. The van der Waals surface area contributed by atoms with Crippen LogP contribution in [0.3, 0.4) is 0 Å². The van der Waals surface area contributed by atoms with Gasteiger partial charge in [0.2, 0.25) is 0 Å². The average molecular weight is 219 g/mol. The van der Waals surface area contributed by atoms with Crippen molar-refractivity contribution in [3.05, 3.63) is 17.7 Å². The monoisotopic (exact) mass is 218 g/mol. The first-order valence-corrected chi connectivity index (χ1v) is 3.84. The summed E-state index contributed by atoms with van der Waals surface area (Å²) in [4.78, 5) is 7.42. The van der Waals surface area contributed by atoms with Gasteiger partial charge in [-0.1, -0.05) is 13.3 Å². The van der Waals surface area contributed by atoms with Gasteiger partial charge in [0.1, 0.15) is 5.82 Å². The van der Waals surface area contributed by atoms with Crippen molar-refractivity contribution in [3.63, 3.8) is 0 Å². The summed E-state index contributed by atoms with van der Waals surface area (Å²) in [5, 5.41) is 0. The van der Waals surface area contributed by atoms with E-state index in [1.54, 1.807) is 0 Å². The first kappa shape index (κ1) is 10.7. The third-order valence-electron chi connectivity index (χ3n) is 1.53. The zero-order valence-electron chi connectivity index (χ0n) is 7.05. The molecule has 0 radical (unpaired) electrons. The molecule has 0 spiro atoms. The van der Waals surface area contributed by atoms with E-state index in [4.69, 9.17) is 0 Å². The molecule has 0 unspecified atom stereocenters. The number of hydrogen-bond acceptors (Lipinski definition) is 1. The van der Waals surface area contributed by atoms with Gasteiger partial charge < -0.3 is 4.98 Å². The molecule has 0 aliphatic carbocycles. The molecule has 0 aliphatic rings. The van der Waals surface area contributed by atoms with Crippen LogP contribution < -0.4 is 0 Å². The number of hydrogen-bond donors (Lipinski definition) is 1. The van der Waals surface area contributed by atoms with Crippen molar-refractivity contribution >= 4 is 17.0 Å². The molecule has 0 amide bonds. The van der Waals surface area contributed by atoms with Gasteiger partial charge in [-0.2, -0.15) is 0 Å². The normalized spacial score (nSPS) is 9.27. The second-order valence-electron chi connectivity index (χ2n) is 2.59. The van der Waals surface area contributed by atoms with Gasteiger partial charge in [-0.05, 0) is 13.3 Å². The van der Waals surface area contributed by atoms with Crippen molar-refractivity contribution < 1.29 is 0 Å². The summed E-state index contributed by atoms with van der Waals surface area (Å²) >= 11 is 0. The number of aromatic nitrogens is 2. The quantitative estimate of drug-likeness (QED) is 0.831. The lowest BCUT2D eigenvalue weighted by molar-refractivity contribution is 0.761. The summed E-state index contributed by atoms with van der Waals surface area (Å²) in [7, 11) is 0. The first-order valence-electron chi connectivity index (χ1n) is 3.84. The van der Waals surface area contributed by atoms with Crippen LogP contribution >= 0.6 is 17.0 Å². The molecular weight excluding hydrogens is 204 g/mol. The average Bonchev–Trinajstić information content (AvgIpc) is 2.31. The van der Waals surface area contributed by atoms with Gasteiger partial charge >= 0.3 is 0 Å². The Hall–Kier alpha value is -0.310. The van der Waals surface area contributed by atoms with Gasteiger partial charge in [-0.3, -0.25) is 0 Å². The van der Waals surface area contributed by atoms with E-state index < -0.39 is 0 Å². The number of H-pyrrole nitrogens is 1. The zero-order valence-corrected chi connectivity index (χ0v) is 8.77. The van der Waals surface area contributed by atoms with Gasteiger partial charge in [0.15, 0.2) is 0 Å². The minimum absolute atomic E-state index is 0. The lowest BCUT2D eigenvalue weighted by Gasteiger charge is -1.90. The zero-order chi connectivity index (χ0) is 7.40. The molecule has 0 saturated heterocycles. The van der Waals surface area contributed by atoms with E-state index in [2.05, 4.69) is 16.9 Å². The van der Waals surface area contributed by atoms with Crippen LogP contribution in [0, 0.1) is 6.92 Å². The van der Waals surface area contributed by atoms with Crippen LogP contribution in [-0.2, 0) is 6.42 Å². The standard InChI is InChI=1S/C8H14N2.BrH/c1-3-4-5-8-9-6-7(2)10-8;/h6H,3-5H2,1-2H3,(H,9,10);1H. The number of nitrogens with one attached hydrogen (secondary N) is 1. The molecule has 64 valence electrons. The van der Waals surface area contributed by atoms with Crippen LogP contribution in [0.25, 0.3) is 0 Å². The fourth-order valence-electron chi connectivity index (χ4n) is 0.937. The van der Waals surface area contributed by atoms with Crippen LogP contribution in [0.15, 0.2) is 6.20 Å². The third kappa shape index (κ3) is 3.56. The molecule has 1 aromatic rings. The fraction of sp³-hybridized carbons (Fsp3) is 0.625. The minimum atomic E-state index is 0. The lowest BCUT2D eigenvalue weighted by Crippen LogP contribution is -1.86. The fourth-order valence-corrected chi connectivity index (χ4v) is 0.937. The van der Waals surface area contributed by atoms with Crippen LogP contribution in [0.5, 0.6) is 0 Å². The topological polar surface area (TPSA) is 28.7 Å². The highest BCUT2D eigenvalue weighted by Crippen LogP contribution is 1.99. The molecule has 0 saturated carbocycles. The Balaban J connectivity index is 0.000001000. The number of rotatable bonds is 3. The summed E-state index contributed by atoms with van der Waals surface area (Å²) < 4.78 is 0. The number of aromatic amines is 1. The van der Waals surface area contributed by atoms with Gasteiger partial charge in [-0.15, -0.1) is 17.0 Å². The molecule has 0 aromatic carbocycles. The second kappa shape index (κ2) is 5.35. The van der Waals surface area contributed by atoms with E-state index in [0.717, 1.165) is 17.9 Å². The maximum atomic E-state index is 4.29. The van der Waals surface area contributed by atoms with Crippen LogP contribution in [0.1, 0.15) is 31.3 Å². The third-order valence-corrected chi connectivity index (χ3v) is 1.53. The molecule has 1 rings (SSSR count). The number of halogens is 1. The molecule has 1 aromatic heterocycles. The van der Waals surface area contributed by atoms with Crippen molar-refractivity contribution in [1.29, 1.82) is 0 Å². The maximum Gasteiger partial charge on any atom is 0.106 e. The molecular formula is C8H15BrN2. The molecule has 1 heterocycles. The molecule has 0 aliphatic heterocycles. The first-order chi connectivity index (χ1) is 4.83. The smallest absolute Gasteiger partial charge is 0.106 e. The highest BCUT2D eigenvalue weighted by Gasteiger charge is 1.94. The predicted octanol–water partition coefficient (Wildman–Crippen LogP) is 2.64. The summed E-state index contributed by atoms with van der Waals surface area (Å²) in [6.45, 7) is 4.20. The van der Waals surface area contributed by atoms with Crippen molar-refractivity contribution in [3.8, 4) is 0 Å². The van der Waals surface area contributed by atoms with Gasteiger partial charge in [0.25, 0.3) is 0 Å². The van der Waals surface area contributed by atoms with Crippen LogP contribution in [-0.4, -0.2) is 9.97 Å². The van der Waals surface area contributed by atoms with Gasteiger partial charge in [0.05, 0.1) is 5.69 Å². The molecule has 11 heavy (non-hydrogen) atoms. The number of nitrogens with zero attached hydrogens (tertiary/aromatic N) is 1. The van der Waals surface area contributed by atoms with E-state index >= 15 is 0 Å². The molecule has 3 heteroatoms. The molecule has 0 fully saturated rings. The maximum absolute atomic E-state index is 4.29. The van der Waals surface area contributed by atoms with E-state index in [0.29, 0.717) is 0 Å². The Morgan fingerprint density at radius 2 is 2.27 bits per heavy atom. The Labute approximate surface area is 78.2 Å². The Morgan fingerprint density at radius 1 is 1.55 bits per heavy atom. The Kier molecular flexibility index (Phi) is 5.20. The molecule has 0 atom stereocenters. The largest absolute Gasteiger partial charge is 0.348 e. The predicted molar refractivity (Wildman–Crippen MR) is 52.3 cm³/mol. The van der Waals surface area contributed by atoms with E-state index in [9.17, 15) is 0 Å². The Bertz CT molecular complexity index is 196. The summed E-state index contributed by atoms with van der Waals surface area (Å²) in [5.41, 5.74) is 1.09. The second-order valence-corrected chi connectivity index (χ2v) is 2.59. The highest BCUT2D eigenvalue weighted by molar-refractivity contribution is 8.93. The van der Waals surface area contributed by atoms with Crippen molar-refractivity contribution in [2.24, 2.45) is 0 Å². The molecule has 2 nitrogen and oxygen atoms in total. The Morgan fingerprint density at radius 3 is 2.73 bits per heavy atom. The lowest BCUT2D eigenvalue weighted by atomic mass is 10.2. The van der Waals surface area contributed by atoms with E-state index in [-0.39, 0.29) is 17.0 Å². The van der Waals surface area contributed by atoms with Crippen molar-refractivity contribution in [2.75, 3.05) is 0 Å². The minimum Gasteiger partial charge on any atom is -0.348 e. The highest BCUT2D eigenvalue weighted by atomic mass is 79.9. The number of aryl methyl sites for hydroxylation is 2. The van der Waals surface area contributed by atoms with E-state index in [1.807, 2.05) is 13.1 Å². The van der Waals surface area contributed by atoms with Crippen molar-refractivity contribution in [2.45, 2.75) is 33.1 Å². The van der Waals surface area contributed by atoms with Crippen LogP contribution in [0.2, 0.25) is 0 Å². The van der Waals surface area contributed by atoms with E-state index in [1.165, 1.54) is 12.8 Å². The number of imidazole rings is 1. The SMILES string of the molecule is Br.CCCCc1nc(C)c[nH]1. The molecule has 0 bridgehead atoms. The van der Waals surface area contributed by atoms with Crippen molar-refractivity contribution in [1.82, 2.24) is 9.97 Å². The molecule has 1 N–H and O–H groups in total. The summed E-state index contributed by atoms with van der Waals surface area (Å²) in [6.07, 6.45) is 5.50. The van der Waals surface area contributed by atoms with Crippen LogP contribution in [0.4, 0.5) is 0 Å². The summed E-state index contributed by atoms with van der Waals surface area (Å²) in [6, 6.07) is 0.